The highest BCUT2D eigenvalue weighted by molar-refractivity contribution is 8.00. The maximum atomic E-state index is 12.3. The quantitative estimate of drug-likeness (QED) is 0.552. The predicted octanol–water partition coefficient (Wildman–Crippen LogP) is 4.71. The normalized spacial score (nSPS) is 10.6. The third-order valence-corrected chi connectivity index (χ3v) is 5.85. The number of thiophene rings is 1. The Morgan fingerprint density at radius 2 is 2.00 bits per heavy atom. The lowest BCUT2D eigenvalue weighted by atomic mass is 10.3. The molecule has 2 rings (SSSR count). The van der Waals surface area contributed by atoms with Gasteiger partial charge < -0.3 is 5.32 Å². The zero-order valence-corrected chi connectivity index (χ0v) is 15.5. The third-order valence-electron chi connectivity index (χ3n) is 2.93. The number of Topliss-reactive ketones (excluding diaryl/α,β-unsaturated/α-hetero) is 1. The number of benzene rings is 1. The van der Waals surface area contributed by atoms with Crippen LogP contribution >= 0.6 is 46.3 Å². The van der Waals surface area contributed by atoms with E-state index in [2.05, 4.69) is 5.32 Å². The fraction of sp³-hybridized carbons (Fsp3) is 0.250. The zero-order valence-electron chi connectivity index (χ0n) is 12.4. The van der Waals surface area contributed by atoms with E-state index in [1.807, 2.05) is 12.1 Å². The van der Waals surface area contributed by atoms with E-state index in [1.165, 1.54) is 30.0 Å². The minimum Gasteiger partial charge on any atom is -0.356 e. The average Bonchev–Trinajstić information content (AvgIpc) is 2.96. The molecule has 0 unspecified atom stereocenters. The monoisotopic (exact) mass is 387 g/mol. The van der Waals surface area contributed by atoms with Crippen LogP contribution in [0.25, 0.3) is 0 Å². The summed E-state index contributed by atoms with van der Waals surface area (Å²) in [6.07, 6.45) is 0.727. The van der Waals surface area contributed by atoms with Gasteiger partial charge in [-0.2, -0.15) is 0 Å². The van der Waals surface area contributed by atoms with Gasteiger partial charge in [0, 0.05) is 28.3 Å². The molecule has 0 saturated carbocycles. The van der Waals surface area contributed by atoms with Gasteiger partial charge in [0.25, 0.3) is 0 Å². The summed E-state index contributed by atoms with van der Waals surface area (Å²) in [4.78, 5) is 25.7. The van der Waals surface area contributed by atoms with Crippen LogP contribution in [0, 0.1) is 0 Å². The lowest BCUT2D eigenvalue weighted by Gasteiger charge is -2.03. The molecule has 122 valence electrons. The fourth-order valence-corrected chi connectivity index (χ4v) is 4.24. The van der Waals surface area contributed by atoms with Crippen LogP contribution in [-0.4, -0.2) is 24.0 Å². The van der Waals surface area contributed by atoms with E-state index in [4.69, 9.17) is 23.2 Å². The molecule has 0 atom stereocenters. The highest BCUT2D eigenvalue weighted by Gasteiger charge is 2.11. The number of amides is 1. The number of rotatable bonds is 7. The second-order valence-corrected chi connectivity index (χ2v) is 7.81. The van der Waals surface area contributed by atoms with Gasteiger partial charge in [-0.05, 0) is 36.8 Å². The molecule has 0 bridgehead atoms. The van der Waals surface area contributed by atoms with Gasteiger partial charge in [0.2, 0.25) is 5.91 Å². The first-order valence-corrected chi connectivity index (χ1v) is 9.45. The standard InChI is InChI=1S/C16H15Cl2NO2S2/c1-10(20)19-7-6-12-3-5-15(23-12)14(21)9-22-16-8-11(17)2-4-13(16)18/h2-5,8H,6-7,9H2,1H3,(H,19,20). The molecule has 1 N–H and O–H groups in total. The molecular formula is C16H15Cl2NO2S2. The van der Waals surface area contributed by atoms with Crippen LogP contribution in [0.2, 0.25) is 10.0 Å². The molecule has 0 aliphatic rings. The van der Waals surface area contributed by atoms with E-state index in [0.29, 0.717) is 27.2 Å². The molecule has 1 aromatic carbocycles. The lowest BCUT2D eigenvalue weighted by molar-refractivity contribution is -0.118. The third kappa shape index (κ3) is 5.84. The van der Waals surface area contributed by atoms with Crippen molar-refractivity contribution in [2.24, 2.45) is 0 Å². The van der Waals surface area contributed by atoms with Gasteiger partial charge in [-0.15, -0.1) is 23.1 Å². The average molecular weight is 388 g/mol. The summed E-state index contributed by atoms with van der Waals surface area (Å²) in [5.41, 5.74) is 0. The van der Waals surface area contributed by atoms with Gasteiger partial charge in [-0.1, -0.05) is 23.2 Å². The summed E-state index contributed by atoms with van der Waals surface area (Å²) in [5, 5.41) is 3.93. The molecule has 1 heterocycles. The molecule has 0 fully saturated rings. The van der Waals surface area contributed by atoms with Crippen molar-refractivity contribution in [2.75, 3.05) is 12.3 Å². The Bertz CT molecular complexity index is 716. The second-order valence-electron chi connectivity index (χ2n) is 4.79. The highest BCUT2D eigenvalue weighted by atomic mass is 35.5. The van der Waals surface area contributed by atoms with E-state index in [-0.39, 0.29) is 11.7 Å². The van der Waals surface area contributed by atoms with Gasteiger partial charge >= 0.3 is 0 Å². The second kappa shape index (κ2) is 8.73. The number of ketones is 1. The minimum atomic E-state index is -0.0485. The van der Waals surface area contributed by atoms with E-state index in [9.17, 15) is 9.59 Å². The van der Waals surface area contributed by atoms with Gasteiger partial charge in [0.1, 0.15) is 0 Å². The zero-order chi connectivity index (χ0) is 16.8. The van der Waals surface area contributed by atoms with E-state index in [0.717, 1.165) is 16.2 Å². The molecule has 0 saturated heterocycles. The van der Waals surface area contributed by atoms with E-state index < -0.39 is 0 Å². The van der Waals surface area contributed by atoms with Crippen molar-refractivity contribution in [3.8, 4) is 0 Å². The molecule has 0 aliphatic heterocycles. The Balaban J connectivity index is 1.89. The number of nitrogens with one attached hydrogen (secondary N) is 1. The summed E-state index contributed by atoms with van der Waals surface area (Å²) >= 11 is 14.9. The molecular weight excluding hydrogens is 373 g/mol. The molecule has 0 spiro atoms. The SMILES string of the molecule is CC(=O)NCCc1ccc(C(=O)CSc2cc(Cl)ccc2Cl)s1. The van der Waals surface area contributed by atoms with Gasteiger partial charge in [-0.3, -0.25) is 9.59 Å². The molecule has 23 heavy (non-hydrogen) atoms. The van der Waals surface area contributed by atoms with Crippen molar-refractivity contribution < 1.29 is 9.59 Å². The Labute approximate surface area is 153 Å². The predicted molar refractivity (Wildman–Crippen MR) is 98.2 cm³/mol. The number of hydrogen-bond donors (Lipinski definition) is 1. The summed E-state index contributed by atoms with van der Waals surface area (Å²) in [6, 6.07) is 8.96. The molecule has 1 aromatic heterocycles. The Morgan fingerprint density at radius 1 is 1.22 bits per heavy atom. The summed E-state index contributed by atoms with van der Waals surface area (Å²) in [7, 11) is 0. The van der Waals surface area contributed by atoms with Gasteiger partial charge in [-0.25, -0.2) is 0 Å². The molecule has 0 aliphatic carbocycles. The first-order valence-electron chi connectivity index (χ1n) is 6.90. The first kappa shape index (κ1) is 18.3. The summed E-state index contributed by atoms with van der Waals surface area (Å²) in [5.74, 6) is 0.320. The van der Waals surface area contributed by atoms with Crippen LogP contribution < -0.4 is 5.32 Å². The number of hydrogen-bond acceptors (Lipinski definition) is 4. The minimum absolute atomic E-state index is 0.0485. The fourth-order valence-electron chi connectivity index (χ4n) is 1.83. The first-order chi connectivity index (χ1) is 11.0. The van der Waals surface area contributed by atoms with Crippen LogP contribution in [0.15, 0.2) is 35.2 Å². The van der Waals surface area contributed by atoms with Crippen molar-refractivity contribution in [3.63, 3.8) is 0 Å². The van der Waals surface area contributed by atoms with Crippen LogP contribution in [0.1, 0.15) is 21.5 Å². The number of halogens is 2. The van der Waals surface area contributed by atoms with E-state index in [1.54, 1.807) is 18.2 Å². The Hall–Kier alpha value is -1.01. The number of carbonyl (C=O) groups is 2. The number of thioether (sulfide) groups is 1. The van der Waals surface area contributed by atoms with Crippen molar-refractivity contribution in [2.45, 2.75) is 18.2 Å². The van der Waals surface area contributed by atoms with Crippen LogP contribution in [0.5, 0.6) is 0 Å². The van der Waals surface area contributed by atoms with Crippen LogP contribution in [0.3, 0.4) is 0 Å². The number of carbonyl (C=O) groups excluding carboxylic acids is 2. The van der Waals surface area contributed by atoms with Crippen molar-refractivity contribution >= 4 is 58.0 Å². The smallest absolute Gasteiger partial charge is 0.216 e. The van der Waals surface area contributed by atoms with Crippen LogP contribution in [0.4, 0.5) is 0 Å². The Kier molecular flexibility index (Phi) is 6.96. The van der Waals surface area contributed by atoms with Crippen molar-refractivity contribution in [1.29, 1.82) is 0 Å². The molecule has 3 nitrogen and oxygen atoms in total. The largest absolute Gasteiger partial charge is 0.356 e. The van der Waals surface area contributed by atoms with Gasteiger partial charge in [0.05, 0.1) is 15.7 Å². The molecule has 0 radical (unpaired) electrons. The topological polar surface area (TPSA) is 46.2 Å². The summed E-state index contributed by atoms with van der Waals surface area (Å²) in [6.45, 7) is 2.07. The maximum absolute atomic E-state index is 12.3. The molecule has 1 amide bonds. The Morgan fingerprint density at radius 3 is 2.74 bits per heavy atom. The molecule has 7 heteroatoms. The lowest BCUT2D eigenvalue weighted by Crippen LogP contribution is -2.22. The van der Waals surface area contributed by atoms with Gasteiger partial charge in [0.15, 0.2) is 5.78 Å². The highest BCUT2D eigenvalue weighted by Crippen LogP contribution is 2.30. The summed E-state index contributed by atoms with van der Waals surface area (Å²) < 4.78 is 0. The van der Waals surface area contributed by atoms with E-state index >= 15 is 0 Å². The van der Waals surface area contributed by atoms with Crippen molar-refractivity contribution in [1.82, 2.24) is 5.32 Å². The van der Waals surface area contributed by atoms with Crippen molar-refractivity contribution in [3.05, 3.63) is 50.1 Å². The van der Waals surface area contributed by atoms with Crippen LogP contribution in [-0.2, 0) is 11.2 Å². The maximum Gasteiger partial charge on any atom is 0.216 e. The molecule has 2 aromatic rings.